The fraction of sp³-hybridized carbons (Fsp3) is 0.500. The second-order valence-electron chi connectivity index (χ2n) is 4.68. The minimum atomic E-state index is -1.11. The monoisotopic (exact) mass is 282 g/mol. The number of carbonyl (C=O) groups is 1. The van der Waals surface area contributed by atoms with E-state index in [4.69, 9.17) is 5.11 Å². The summed E-state index contributed by atoms with van der Waals surface area (Å²) in [6.45, 7) is 7.06. The Hall–Kier alpha value is -2.38. The first-order valence-electron chi connectivity index (χ1n) is 6.11. The van der Waals surface area contributed by atoms with Crippen LogP contribution in [-0.4, -0.2) is 31.8 Å². The third-order valence-corrected chi connectivity index (χ3v) is 2.79. The van der Waals surface area contributed by atoms with Crippen LogP contribution in [0.1, 0.15) is 31.9 Å². The standard InChI is InChI=1S/C12H18N4O4/c1-5-6-8(12(17)18)13-11-10(16(19)20)9(7(2)3)14-15(11)4/h5,7-8,13H,1,6H2,2-4H3,(H,17,18). The molecule has 0 aromatic carbocycles. The summed E-state index contributed by atoms with van der Waals surface area (Å²) in [6.07, 6.45) is 1.59. The van der Waals surface area contributed by atoms with Gasteiger partial charge in [0.1, 0.15) is 11.7 Å². The summed E-state index contributed by atoms with van der Waals surface area (Å²) in [7, 11) is 1.54. The summed E-state index contributed by atoms with van der Waals surface area (Å²) in [4.78, 5) is 21.8. The topological polar surface area (TPSA) is 110 Å². The van der Waals surface area contributed by atoms with E-state index in [9.17, 15) is 14.9 Å². The number of anilines is 1. The van der Waals surface area contributed by atoms with Crippen LogP contribution < -0.4 is 5.32 Å². The third-order valence-electron chi connectivity index (χ3n) is 2.79. The highest BCUT2D eigenvalue weighted by Crippen LogP contribution is 2.33. The number of carboxylic acids is 1. The molecule has 0 amide bonds. The first-order chi connectivity index (χ1) is 9.29. The van der Waals surface area contributed by atoms with Crippen LogP contribution in [0.15, 0.2) is 12.7 Å². The van der Waals surface area contributed by atoms with Crippen LogP contribution in [-0.2, 0) is 11.8 Å². The van der Waals surface area contributed by atoms with E-state index in [1.165, 1.54) is 17.8 Å². The maximum atomic E-state index is 11.2. The number of hydrogen-bond donors (Lipinski definition) is 2. The summed E-state index contributed by atoms with van der Waals surface area (Å²) in [6, 6.07) is -0.985. The predicted octanol–water partition coefficient (Wildman–Crippen LogP) is 1.89. The van der Waals surface area contributed by atoms with Crippen LogP contribution in [0.4, 0.5) is 11.5 Å². The largest absolute Gasteiger partial charge is 0.480 e. The highest BCUT2D eigenvalue weighted by atomic mass is 16.6. The Morgan fingerprint density at radius 1 is 1.65 bits per heavy atom. The van der Waals surface area contributed by atoms with Gasteiger partial charge in [-0.2, -0.15) is 5.10 Å². The first-order valence-corrected chi connectivity index (χ1v) is 6.11. The molecule has 0 saturated carbocycles. The van der Waals surface area contributed by atoms with Crippen molar-refractivity contribution in [2.24, 2.45) is 7.05 Å². The number of nitrogens with zero attached hydrogens (tertiary/aromatic N) is 3. The molecule has 110 valence electrons. The summed E-state index contributed by atoms with van der Waals surface area (Å²) in [5.41, 5.74) is 0.139. The lowest BCUT2D eigenvalue weighted by Crippen LogP contribution is -2.29. The molecule has 0 fully saturated rings. The predicted molar refractivity (Wildman–Crippen MR) is 73.8 cm³/mol. The number of nitrogens with one attached hydrogen (secondary N) is 1. The van der Waals surface area contributed by atoms with E-state index in [-0.39, 0.29) is 23.8 Å². The fourth-order valence-electron chi connectivity index (χ4n) is 1.82. The molecule has 1 rings (SSSR count). The number of aliphatic carboxylic acids is 1. The first kappa shape index (κ1) is 15.7. The van der Waals surface area contributed by atoms with Gasteiger partial charge in [0.15, 0.2) is 0 Å². The number of aromatic nitrogens is 2. The highest BCUT2D eigenvalue weighted by Gasteiger charge is 2.30. The van der Waals surface area contributed by atoms with E-state index in [0.717, 1.165) is 0 Å². The average molecular weight is 282 g/mol. The van der Waals surface area contributed by atoms with Gasteiger partial charge in [0.05, 0.1) is 4.92 Å². The Morgan fingerprint density at radius 2 is 2.25 bits per heavy atom. The molecule has 2 N–H and O–H groups in total. The van der Waals surface area contributed by atoms with E-state index in [1.807, 2.05) is 0 Å². The molecule has 0 aliphatic heterocycles. The van der Waals surface area contributed by atoms with E-state index < -0.39 is 16.9 Å². The highest BCUT2D eigenvalue weighted by molar-refractivity contribution is 5.78. The van der Waals surface area contributed by atoms with Gasteiger partial charge in [-0.3, -0.25) is 10.1 Å². The zero-order chi connectivity index (χ0) is 15.4. The third kappa shape index (κ3) is 3.14. The van der Waals surface area contributed by atoms with Gasteiger partial charge in [-0.25, -0.2) is 9.48 Å². The number of rotatable bonds is 7. The van der Waals surface area contributed by atoms with Crippen molar-refractivity contribution in [3.05, 3.63) is 28.5 Å². The van der Waals surface area contributed by atoms with Crippen LogP contribution in [0.3, 0.4) is 0 Å². The number of hydrogen-bond acceptors (Lipinski definition) is 5. The molecular formula is C12H18N4O4. The Labute approximate surface area is 116 Å². The van der Waals surface area contributed by atoms with Crippen LogP contribution in [0, 0.1) is 10.1 Å². The normalized spacial score (nSPS) is 12.2. The lowest BCUT2D eigenvalue weighted by molar-refractivity contribution is -0.384. The number of aryl methyl sites for hydroxylation is 1. The molecule has 0 saturated heterocycles. The molecule has 0 radical (unpaired) electrons. The van der Waals surface area contributed by atoms with Crippen LogP contribution in [0.25, 0.3) is 0 Å². The minimum Gasteiger partial charge on any atom is -0.480 e. The Kier molecular flexibility index (Phi) is 4.84. The Balaban J connectivity index is 3.26. The smallest absolute Gasteiger partial charge is 0.334 e. The van der Waals surface area contributed by atoms with Crippen LogP contribution in [0.5, 0.6) is 0 Å². The van der Waals surface area contributed by atoms with Crippen molar-refractivity contribution < 1.29 is 14.8 Å². The average Bonchev–Trinajstić information content (AvgIpc) is 2.66. The van der Waals surface area contributed by atoms with Crippen molar-refractivity contribution in [1.29, 1.82) is 0 Å². The lowest BCUT2D eigenvalue weighted by Gasteiger charge is -2.13. The van der Waals surface area contributed by atoms with Crippen LogP contribution >= 0.6 is 0 Å². The maximum absolute atomic E-state index is 11.2. The number of carboxylic acid groups (broad SMARTS) is 1. The van der Waals surface area contributed by atoms with E-state index >= 15 is 0 Å². The second kappa shape index (κ2) is 6.18. The summed E-state index contributed by atoms with van der Waals surface area (Å²) >= 11 is 0. The van der Waals surface area contributed by atoms with Gasteiger partial charge in [0.2, 0.25) is 5.82 Å². The second-order valence-corrected chi connectivity index (χ2v) is 4.68. The lowest BCUT2D eigenvalue weighted by atomic mass is 10.1. The molecular weight excluding hydrogens is 264 g/mol. The minimum absolute atomic E-state index is 0.0907. The van der Waals surface area contributed by atoms with Crippen LogP contribution in [0.2, 0.25) is 0 Å². The Bertz CT molecular complexity index is 536. The van der Waals surface area contributed by atoms with Gasteiger partial charge in [-0.1, -0.05) is 19.9 Å². The van der Waals surface area contributed by atoms with Gasteiger partial charge in [0, 0.05) is 13.0 Å². The van der Waals surface area contributed by atoms with Crippen molar-refractivity contribution in [2.45, 2.75) is 32.2 Å². The molecule has 1 aromatic rings. The van der Waals surface area contributed by atoms with Gasteiger partial charge in [-0.15, -0.1) is 6.58 Å². The quantitative estimate of drug-likeness (QED) is 0.449. The van der Waals surface area contributed by atoms with Crippen molar-refractivity contribution in [1.82, 2.24) is 9.78 Å². The Morgan fingerprint density at radius 3 is 2.65 bits per heavy atom. The van der Waals surface area contributed by atoms with Gasteiger partial charge in [0.25, 0.3) is 0 Å². The summed E-state index contributed by atoms with van der Waals surface area (Å²) in [5.74, 6) is -1.15. The molecule has 1 aromatic heterocycles. The zero-order valence-electron chi connectivity index (χ0n) is 11.7. The summed E-state index contributed by atoms with van der Waals surface area (Å²) in [5, 5.41) is 27.1. The van der Waals surface area contributed by atoms with E-state index in [0.29, 0.717) is 5.69 Å². The van der Waals surface area contributed by atoms with E-state index in [2.05, 4.69) is 17.0 Å². The number of nitro groups is 1. The van der Waals surface area contributed by atoms with Crippen molar-refractivity contribution in [2.75, 3.05) is 5.32 Å². The molecule has 20 heavy (non-hydrogen) atoms. The van der Waals surface area contributed by atoms with Gasteiger partial charge < -0.3 is 10.4 Å². The van der Waals surface area contributed by atoms with E-state index in [1.54, 1.807) is 13.8 Å². The van der Waals surface area contributed by atoms with Crippen molar-refractivity contribution in [3.63, 3.8) is 0 Å². The summed E-state index contributed by atoms with van der Waals surface area (Å²) < 4.78 is 1.30. The molecule has 0 spiro atoms. The van der Waals surface area contributed by atoms with Gasteiger partial charge in [-0.05, 0) is 6.42 Å². The fourth-order valence-corrected chi connectivity index (χ4v) is 1.82. The molecule has 1 heterocycles. The molecule has 0 aliphatic carbocycles. The molecule has 1 atom stereocenters. The molecule has 0 bridgehead atoms. The molecule has 1 unspecified atom stereocenters. The van der Waals surface area contributed by atoms with Crippen molar-refractivity contribution >= 4 is 17.5 Å². The molecule has 8 heteroatoms. The van der Waals surface area contributed by atoms with Crippen molar-refractivity contribution in [3.8, 4) is 0 Å². The molecule has 0 aliphatic rings. The van der Waals surface area contributed by atoms with Gasteiger partial charge >= 0.3 is 11.7 Å². The molecule has 8 nitrogen and oxygen atoms in total. The zero-order valence-corrected chi connectivity index (χ0v) is 11.7. The SMILES string of the molecule is C=CCC(Nc1c([N+](=O)[O-])c(C(C)C)nn1C)C(=O)O. The maximum Gasteiger partial charge on any atom is 0.334 e.